The lowest BCUT2D eigenvalue weighted by Gasteiger charge is -2.10. The van der Waals surface area contributed by atoms with Crippen LogP contribution in [0.2, 0.25) is 0 Å². The van der Waals surface area contributed by atoms with Crippen LogP contribution in [-0.4, -0.2) is 24.5 Å². The second kappa shape index (κ2) is 11.4. The van der Waals surface area contributed by atoms with E-state index in [2.05, 4.69) is 19.9 Å². The smallest absolute Gasteiger partial charge is 0.234 e. The fourth-order valence-electron chi connectivity index (χ4n) is 5.47. The molecule has 4 aromatic carbocycles. The SMILES string of the molecule is [2H]c1ccnc(-n2c3cc(Oc4cccc(-c5ccccn5)c4)ccc3c3ccc(Oc4cccc(-c5ccccn5)c4)cc32)n1. The van der Waals surface area contributed by atoms with Gasteiger partial charge in [-0.05, 0) is 78.9 Å². The number of hydrogen-bond acceptors (Lipinski definition) is 6. The number of ether oxygens (including phenoxy) is 2. The zero-order valence-electron chi connectivity index (χ0n) is 24.9. The van der Waals surface area contributed by atoms with E-state index in [1.54, 1.807) is 24.7 Å². The van der Waals surface area contributed by atoms with Gasteiger partial charge in [0, 0.05) is 58.8 Å². The zero-order chi connectivity index (χ0) is 30.9. The molecular weight excluding hydrogens is 558 g/mol. The largest absolute Gasteiger partial charge is 0.457 e. The van der Waals surface area contributed by atoms with Crippen LogP contribution >= 0.6 is 0 Å². The maximum atomic E-state index is 8.19. The Balaban J connectivity index is 1.20. The van der Waals surface area contributed by atoms with Crippen LogP contribution in [0, 0.1) is 0 Å². The molecule has 0 atom stereocenters. The minimum atomic E-state index is 0.123. The first-order valence-electron chi connectivity index (χ1n) is 14.9. The summed E-state index contributed by atoms with van der Waals surface area (Å²) in [4.78, 5) is 17.9. The zero-order valence-corrected chi connectivity index (χ0v) is 23.9. The Hall–Kier alpha value is -6.34. The van der Waals surface area contributed by atoms with E-state index in [9.17, 15) is 0 Å². The highest BCUT2D eigenvalue weighted by Gasteiger charge is 2.16. The summed E-state index contributed by atoms with van der Waals surface area (Å²) in [6.07, 6.45) is 5.27. The average molecular weight is 585 g/mol. The molecule has 0 spiro atoms. The van der Waals surface area contributed by atoms with Crippen LogP contribution in [-0.2, 0) is 0 Å². The van der Waals surface area contributed by atoms with Crippen molar-refractivity contribution in [3.63, 3.8) is 0 Å². The van der Waals surface area contributed by atoms with Gasteiger partial charge in [-0.3, -0.25) is 14.5 Å². The van der Waals surface area contributed by atoms with Crippen molar-refractivity contribution in [2.24, 2.45) is 0 Å². The van der Waals surface area contributed by atoms with Crippen LogP contribution in [0.4, 0.5) is 0 Å². The molecule has 7 nitrogen and oxygen atoms in total. The molecular formula is C38H25N5O2. The van der Waals surface area contributed by atoms with Crippen molar-refractivity contribution >= 4 is 21.8 Å². The molecule has 8 aromatic rings. The number of nitrogens with zero attached hydrogens (tertiary/aromatic N) is 5. The van der Waals surface area contributed by atoms with Crippen molar-refractivity contribution in [3.05, 3.63) is 152 Å². The van der Waals surface area contributed by atoms with Crippen LogP contribution in [0.25, 0.3) is 50.3 Å². The van der Waals surface area contributed by atoms with Gasteiger partial charge >= 0.3 is 0 Å². The molecule has 214 valence electrons. The van der Waals surface area contributed by atoms with Crippen molar-refractivity contribution in [1.82, 2.24) is 24.5 Å². The highest BCUT2D eigenvalue weighted by molar-refractivity contribution is 6.09. The molecule has 4 heterocycles. The van der Waals surface area contributed by atoms with Gasteiger partial charge in [0.05, 0.1) is 23.8 Å². The molecule has 0 radical (unpaired) electrons. The Morgan fingerprint density at radius 2 is 1.00 bits per heavy atom. The number of hydrogen-bond donors (Lipinski definition) is 0. The highest BCUT2D eigenvalue weighted by Crippen LogP contribution is 2.37. The van der Waals surface area contributed by atoms with Gasteiger partial charge in [-0.2, -0.15) is 0 Å². The lowest BCUT2D eigenvalue weighted by molar-refractivity contribution is 0.483. The van der Waals surface area contributed by atoms with Gasteiger partial charge < -0.3 is 9.47 Å². The Bertz CT molecular complexity index is 2200. The first-order valence-corrected chi connectivity index (χ1v) is 14.4. The molecule has 0 aliphatic rings. The third kappa shape index (κ3) is 5.23. The second-order valence-corrected chi connectivity index (χ2v) is 10.4. The van der Waals surface area contributed by atoms with Gasteiger partial charge in [0.1, 0.15) is 23.0 Å². The monoisotopic (exact) mass is 584 g/mol. The number of pyridine rings is 2. The Morgan fingerprint density at radius 3 is 1.51 bits per heavy atom. The Kier molecular flexibility index (Phi) is 6.37. The molecule has 45 heavy (non-hydrogen) atoms. The fourth-order valence-corrected chi connectivity index (χ4v) is 5.47. The molecule has 0 saturated heterocycles. The molecule has 4 aromatic heterocycles. The molecule has 0 bridgehead atoms. The first-order chi connectivity index (χ1) is 22.7. The molecule has 0 aliphatic carbocycles. The highest BCUT2D eigenvalue weighted by atomic mass is 16.5. The summed E-state index contributed by atoms with van der Waals surface area (Å²) in [5.41, 5.74) is 5.36. The topological polar surface area (TPSA) is 75.0 Å². The summed E-state index contributed by atoms with van der Waals surface area (Å²) < 4.78 is 22.9. The maximum Gasteiger partial charge on any atom is 0.234 e. The van der Waals surface area contributed by atoms with Crippen LogP contribution in [0.15, 0.2) is 152 Å². The minimum Gasteiger partial charge on any atom is -0.457 e. The number of aromatic nitrogens is 5. The van der Waals surface area contributed by atoms with Crippen LogP contribution in [0.1, 0.15) is 1.37 Å². The summed E-state index contributed by atoms with van der Waals surface area (Å²) in [6, 6.07) is 40.9. The third-order valence-corrected chi connectivity index (χ3v) is 7.47. The van der Waals surface area contributed by atoms with Crippen LogP contribution in [0.5, 0.6) is 23.0 Å². The second-order valence-electron chi connectivity index (χ2n) is 10.4. The average Bonchev–Trinajstić information content (AvgIpc) is 3.42. The molecule has 0 fully saturated rings. The standard InChI is InChI=1S/C38H25N5O2/c1-3-18-39-34(12-1)26-8-5-10-28(22-26)44-30-14-16-32-33-17-15-31(25-37(33)43(36(32)24-30)38-41-20-7-21-42-38)45-29-11-6-9-27(23-29)35-13-2-4-19-40-35/h1-25H/i20D. The lowest BCUT2D eigenvalue weighted by atomic mass is 10.1. The summed E-state index contributed by atoms with van der Waals surface area (Å²) in [7, 11) is 0. The first kappa shape index (κ1) is 25.2. The Morgan fingerprint density at radius 1 is 0.467 bits per heavy atom. The van der Waals surface area contributed by atoms with Gasteiger partial charge in [0.15, 0.2) is 0 Å². The molecule has 0 N–H and O–H groups in total. The van der Waals surface area contributed by atoms with Gasteiger partial charge in [0.2, 0.25) is 5.95 Å². The van der Waals surface area contributed by atoms with Crippen LogP contribution < -0.4 is 9.47 Å². The summed E-state index contributed by atoms with van der Waals surface area (Å²) in [6.45, 7) is 0. The number of rotatable bonds is 7. The summed E-state index contributed by atoms with van der Waals surface area (Å²) in [5.74, 6) is 3.08. The molecule has 0 amide bonds. The van der Waals surface area contributed by atoms with Crippen LogP contribution in [0.3, 0.4) is 0 Å². The summed E-state index contributed by atoms with van der Waals surface area (Å²) >= 11 is 0. The van der Waals surface area contributed by atoms with E-state index in [1.165, 1.54) is 0 Å². The number of benzene rings is 4. The molecule has 0 saturated carbocycles. The van der Waals surface area contributed by atoms with Crippen molar-refractivity contribution in [2.75, 3.05) is 0 Å². The lowest BCUT2D eigenvalue weighted by Crippen LogP contribution is -2.00. The van der Waals surface area contributed by atoms with Crippen molar-refractivity contribution in [3.8, 4) is 51.5 Å². The van der Waals surface area contributed by atoms with E-state index in [0.717, 1.165) is 44.3 Å². The fraction of sp³-hybridized carbons (Fsp3) is 0. The predicted octanol–water partition coefficient (Wildman–Crippen LogP) is 9.28. The van der Waals surface area contributed by atoms with Crippen molar-refractivity contribution in [1.29, 1.82) is 0 Å². The van der Waals surface area contributed by atoms with Gasteiger partial charge in [-0.25, -0.2) is 9.97 Å². The van der Waals surface area contributed by atoms with E-state index in [4.69, 9.17) is 10.8 Å². The summed E-state index contributed by atoms with van der Waals surface area (Å²) in [5, 5.41) is 1.99. The third-order valence-electron chi connectivity index (χ3n) is 7.47. The molecule has 8 rings (SSSR count). The molecule has 0 aliphatic heterocycles. The molecule has 0 unspecified atom stereocenters. The molecule has 7 heteroatoms. The van der Waals surface area contributed by atoms with Gasteiger partial charge in [0.25, 0.3) is 0 Å². The number of fused-ring (bicyclic) bond motifs is 3. The van der Waals surface area contributed by atoms with Gasteiger partial charge in [-0.15, -0.1) is 0 Å². The predicted molar refractivity (Wildman–Crippen MR) is 176 cm³/mol. The Labute approximate surface area is 260 Å². The maximum absolute atomic E-state index is 8.19. The van der Waals surface area contributed by atoms with E-state index >= 15 is 0 Å². The van der Waals surface area contributed by atoms with E-state index < -0.39 is 0 Å². The van der Waals surface area contributed by atoms with Crippen molar-refractivity contribution < 1.29 is 10.8 Å². The van der Waals surface area contributed by atoms with E-state index in [0.29, 0.717) is 28.9 Å². The normalized spacial score (nSPS) is 11.4. The minimum absolute atomic E-state index is 0.123. The van der Waals surface area contributed by atoms with E-state index in [-0.39, 0.29) is 6.17 Å². The van der Waals surface area contributed by atoms with Crippen molar-refractivity contribution in [2.45, 2.75) is 0 Å². The quantitative estimate of drug-likeness (QED) is 0.186. The van der Waals surface area contributed by atoms with Gasteiger partial charge in [-0.1, -0.05) is 36.4 Å². The van der Waals surface area contributed by atoms with E-state index in [1.807, 2.05) is 126 Å².